The van der Waals surface area contributed by atoms with Crippen LogP contribution in [0, 0.1) is 0 Å². The van der Waals surface area contributed by atoms with Crippen molar-refractivity contribution in [3.05, 3.63) is 35.4 Å². The summed E-state index contributed by atoms with van der Waals surface area (Å²) in [5.74, 6) is 0.0962. The lowest BCUT2D eigenvalue weighted by Crippen LogP contribution is -2.33. The molecule has 1 rings (SSSR count). The van der Waals surface area contributed by atoms with Gasteiger partial charge in [-0.25, -0.2) is 0 Å². The molecule has 20 heavy (non-hydrogen) atoms. The maximum atomic E-state index is 12.3. The van der Waals surface area contributed by atoms with E-state index in [0.29, 0.717) is 24.6 Å². The second-order valence-corrected chi connectivity index (χ2v) is 4.99. The SMILES string of the molecule is CCN(CCC(=O)OC)C(=O)c1ccc(C(C)C)cc1. The van der Waals surface area contributed by atoms with Crippen LogP contribution < -0.4 is 0 Å². The average molecular weight is 277 g/mol. The van der Waals surface area contributed by atoms with E-state index in [1.807, 2.05) is 31.2 Å². The Hall–Kier alpha value is -1.84. The monoisotopic (exact) mass is 277 g/mol. The molecule has 0 aliphatic carbocycles. The zero-order valence-corrected chi connectivity index (χ0v) is 12.7. The van der Waals surface area contributed by atoms with Gasteiger partial charge in [0.25, 0.3) is 5.91 Å². The lowest BCUT2D eigenvalue weighted by atomic mass is 10.0. The smallest absolute Gasteiger partial charge is 0.307 e. The molecular weight excluding hydrogens is 254 g/mol. The molecule has 0 unspecified atom stereocenters. The molecule has 110 valence electrons. The van der Waals surface area contributed by atoms with E-state index in [-0.39, 0.29) is 18.3 Å². The number of nitrogens with zero attached hydrogens (tertiary/aromatic N) is 1. The van der Waals surface area contributed by atoms with Crippen molar-refractivity contribution in [2.45, 2.75) is 33.1 Å². The summed E-state index contributed by atoms with van der Waals surface area (Å²) >= 11 is 0. The number of rotatable bonds is 6. The number of carbonyl (C=O) groups is 2. The standard InChI is InChI=1S/C16H23NO3/c1-5-17(11-10-15(18)20-4)16(19)14-8-6-13(7-9-14)12(2)3/h6-9,12H,5,10-11H2,1-4H3. The van der Waals surface area contributed by atoms with Crippen molar-refractivity contribution in [3.8, 4) is 0 Å². The van der Waals surface area contributed by atoms with Gasteiger partial charge in [0.15, 0.2) is 0 Å². The molecule has 0 aliphatic rings. The third-order valence-corrected chi connectivity index (χ3v) is 3.31. The number of methoxy groups -OCH3 is 1. The van der Waals surface area contributed by atoms with E-state index in [0.717, 1.165) is 0 Å². The molecule has 0 atom stereocenters. The van der Waals surface area contributed by atoms with Crippen LogP contribution in [0.4, 0.5) is 0 Å². The highest BCUT2D eigenvalue weighted by Crippen LogP contribution is 2.15. The first-order valence-corrected chi connectivity index (χ1v) is 6.95. The normalized spacial score (nSPS) is 10.4. The van der Waals surface area contributed by atoms with Gasteiger partial charge in [-0.3, -0.25) is 9.59 Å². The minimum absolute atomic E-state index is 0.0493. The van der Waals surface area contributed by atoms with E-state index in [4.69, 9.17) is 0 Å². The van der Waals surface area contributed by atoms with E-state index >= 15 is 0 Å². The quantitative estimate of drug-likeness (QED) is 0.751. The zero-order chi connectivity index (χ0) is 15.1. The molecule has 1 aromatic rings. The van der Waals surface area contributed by atoms with E-state index < -0.39 is 0 Å². The number of esters is 1. The van der Waals surface area contributed by atoms with Crippen LogP contribution in [0.2, 0.25) is 0 Å². The van der Waals surface area contributed by atoms with Gasteiger partial charge in [-0.2, -0.15) is 0 Å². The summed E-state index contributed by atoms with van der Waals surface area (Å²) < 4.78 is 4.60. The molecule has 0 aliphatic heterocycles. The first kappa shape index (κ1) is 16.2. The van der Waals surface area contributed by atoms with E-state index in [1.54, 1.807) is 4.90 Å². The van der Waals surface area contributed by atoms with Gasteiger partial charge in [-0.15, -0.1) is 0 Å². The minimum Gasteiger partial charge on any atom is -0.469 e. The summed E-state index contributed by atoms with van der Waals surface area (Å²) in [4.78, 5) is 25.1. The maximum Gasteiger partial charge on any atom is 0.307 e. The molecule has 1 aromatic carbocycles. The van der Waals surface area contributed by atoms with Crippen molar-refractivity contribution in [2.24, 2.45) is 0 Å². The number of ether oxygens (including phenoxy) is 1. The molecule has 0 bridgehead atoms. The Labute approximate surface area is 120 Å². The van der Waals surface area contributed by atoms with Crippen LogP contribution >= 0.6 is 0 Å². The number of hydrogen-bond donors (Lipinski definition) is 0. The van der Waals surface area contributed by atoms with Gasteiger partial charge < -0.3 is 9.64 Å². The summed E-state index contributed by atoms with van der Waals surface area (Å²) in [5, 5.41) is 0. The van der Waals surface area contributed by atoms with E-state index in [2.05, 4.69) is 18.6 Å². The van der Waals surface area contributed by atoms with Crippen LogP contribution in [0.1, 0.15) is 49.0 Å². The van der Waals surface area contributed by atoms with Gasteiger partial charge in [0.1, 0.15) is 0 Å². The zero-order valence-electron chi connectivity index (χ0n) is 12.7. The Morgan fingerprint density at radius 1 is 1.20 bits per heavy atom. The fourth-order valence-electron chi connectivity index (χ4n) is 1.92. The van der Waals surface area contributed by atoms with Crippen molar-refractivity contribution >= 4 is 11.9 Å². The van der Waals surface area contributed by atoms with Gasteiger partial charge in [-0.1, -0.05) is 26.0 Å². The molecule has 0 N–H and O–H groups in total. The number of benzene rings is 1. The third-order valence-electron chi connectivity index (χ3n) is 3.31. The summed E-state index contributed by atoms with van der Waals surface area (Å²) in [5.41, 5.74) is 1.86. The summed E-state index contributed by atoms with van der Waals surface area (Å²) in [6, 6.07) is 7.65. The largest absolute Gasteiger partial charge is 0.469 e. The van der Waals surface area contributed by atoms with Gasteiger partial charge in [0.2, 0.25) is 0 Å². The van der Waals surface area contributed by atoms with Crippen LogP contribution in [-0.2, 0) is 9.53 Å². The van der Waals surface area contributed by atoms with E-state index in [1.165, 1.54) is 12.7 Å². The Kier molecular flexibility index (Phi) is 6.22. The number of hydrogen-bond acceptors (Lipinski definition) is 3. The predicted octanol–water partition coefficient (Wildman–Crippen LogP) is 2.84. The lowest BCUT2D eigenvalue weighted by Gasteiger charge is -2.20. The second kappa shape index (κ2) is 7.68. The highest BCUT2D eigenvalue weighted by atomic mass is 16.5. The molecule has 0 radical (unpaired) electrons. The topological polar surface area (TPSA) is 46.6 Å². The molecule has 4 heteroatoms. The third kappa shape index (κ3) is 4.37. The molecule has 0 fully saturated rings. The molecule has 1 amide bonds. The maximum absolute atomic E-state index is 12.3. The second-order valence-electron chi connectivity index (χ2n) is 4.99. The van der Waals surface area contributed by atoms with Crippen molar-refractivity contribution in [1.82, 2.24) is 4.90 Å². The fourth-order valence-corrected chi connectivity index (χ4v) is 1.92. The fraction of sp³-hybridized carbons (Fsp3) is 0.500. The van der Waals surface area contributed by atoms with Gasteiger partial charge >= 0.3 is 5.97 Å². The van der Waals surface area contributed by atoms with E-state index in [9.17, 15) is 9.59 Å². The minimum atomic E-state index is -0.300. The van der Waals surface area contributed by atoms with Crippen molar-refractivity contribution in [1.29, 1.82) is 0 Å². The lowest BCUT2D eigenvalue weighted by molar-refractivity contribution is -0.140. The Morgan fingerprint density at radius 3 is 2.25 bits per heavy atom. The molecule has 0 aromatic heterocycles. The number of carbonyl (C=O) groups excluding carboxylic acids is 2. The van der Waals surface area contributed by atoms with Crippen LogP contribution in [0.25, 0.3) is 0 Å². The van der Waals surface area contributed by atoms with Crippen LogP contribution in [0.3, 0.4) is 0 Å². The van der Waals surface area contributed by atoms with Gasteiger partial charge in [0, 0.05) is 18.7 Å². The molecule has 0 saturated heterocycles. The van der Waals surface area contributed by atoms with Crippen molar-refractivity contribution in [3.63, 3.8) is 0 Å². The Morgan fingerprint density at radius 2 is 1.80 bits per heavy atom. The number of amides is 1. The molecule has 0 heterocycles. The highest BCUT2D eigenvalue weighted by Gasteiger charge is 2.15. The molecule has 4 nitrogen and oxygen atoms in total. The predicted molar refractivity (Wildman–Crippen MR) is 78.7 cm³/mol. The summed E-state index contributed by atoms with van der Waals surface area (Å²) in [6.07, 6.45) is 0.222. The van der Waals surface area contributed by atoms with Crippen LogP contribution in [-0.4, -0.2) is 37.0 Å². The first-order valence-electron chi connectivity index (χ1n) is 6.95. The summed E-state index contributed by atoms with van der Waals surface area (Å²) in [6.45, 7) is 7.09. The van der Waals surface area contributed by atoms with Crippen molar-refractivity contribution < 1.29 is 14.3 Å². The summed E-state index contributed by atoms with van der Waals surface area (Å²) in [7, 11) is 1.35. The van der Waals surface area contributed by atoms with Crippen molar-refractivity contribution in [2.75, 3.05) is 20.2 Å². The van der Waals surface area contributed by atoms with Gasteiger partial charge in [0.05, 0.1) is 13.5 Å². The average Bonchev–Trinajstić information content (AvgIpc) is 2.47. The Balaban J connectivity index is 2.72. The first-order chi connectivity index (χ1) is 9.49. The van der Waals surface area contributed by atoms with Gasteiger partial charge in [-0.05, 0) is 30.5 Å². The highest BCUT2D eigenvalue weighted by molar-refractivity contribution is 5.94. The molecule has 0 saturated carbocycles. The molecule has 0 spiro atoms. The molecular formula is C16H23NO3. The van der Waals surface area contributed by atoms with Crippen LogP contribution in [0.5, 0.6) is 0 Å². The Bertz CT molecular complexity index is 451. The van der Waals surface area contributed by atoms with Crippen LogP contribution in [0.15, 0.2) is 24.3 Å².